The number of fused-ring (bicyclic) bond motifs is 7. The lowest BCUT2D eigenvalue weighted by atomic mass is 9.44. The van der Waals surface area contributed by atoms with Crippen LogP contribution in [0.2, 0.25) is 0 Å². The number of ether oxygens (including phenoxy) is 8. The molecule has 9 N–H and O–H groups in total. The van der Waals surface area contributed by atoms with E-state index >= 15 is 0 Å². The van der Waals surface area contributed by atoms with Gasteiger partial charge in [-0.15, -0.1) is 0 Å². The van der Waals surface area contributed by atoms with Gasteiger partial charge < -0.3 is 83.9 Å². The minimum atomic E-state index is -1.81. The third-order valence-electron chi connectivity index (χ3n) is 18.0. The zero-order chi connectivity index (χ0) is 44.2. The van der Waals surface area contributed by atoms with Crippen LogP contribution in [-0.2, 0) is 37.9 Å². The third kappa shape index (κ3) is 7.49. The molecule has 5 saturated heterocycles. The number of hydrogen-bond donors (Lipinski definition) is 9. The second kappa shape index (κ2) is 17.3. The quantitative estimate of drug-likeness (QED) is 0.117. The average Bonchev–Trinajstić information content (AvgIpc) is 3.70. The van der Waals surface area contributed by atoms with Crippen molar-refractivity contribution in [1.82, 2.24) is 0 Å². The Morgan fingerprint density at radius 2 is 1.31 bits per heavy atom. The van der Waals surface area contributed by atoms with Crippen molar-refractivity contribution in [1.29, 1.82) is 0 Å². The fourth-order valence-corrected chi connectivity index (χ4v) is 14.5. The molecule has 5 heterocycles. The molecule has 9 unspecified atom stereocenters. The van der Waals surface area contributed by atoms with Gasteiger partial charge in [0.25, 0.3) is 0 Å². The van der Waals surface area contributed by atoms with Crippen LogP contribution in [0.15, 0.2) is 12.2 Å². The van der Waals surface area contributed by atoms with E-state index in [9.17, 15) is 46.0 Å². The number of hydrogen-bond acceptors (Lipinski definition) is 17. The molecule has 9 fully saturated rings. The molecule has 1 spiro atoms. The maximum atomic E-state index is 12.0. The average molecular weight is 885 g/mol. The van der Waals surface area contributed by atoms with Crippen LogP contribution < -0.4 is 0 Å². The van der Waals surface area contributed by atoms with E-state index in [-0.39, 0.29) is 23.0 Å². The van der Waals surface area contributed by atoms with Crippen molar-refractivity contribution >= 4 is 0 Å². The Balaban J connectivity index is 0.900. The lowest BCUT2D eigenvalue weighted by Crippen LogP contribution is -2.67. The summed E-state index contributed by atoms with van der Waals surface area (Å²) in [7, 11) is 0. The van der Waals surface area contributed by atoms with Crippen LogP contribution in [0.4, 0.5) is 0 Å². The molecular weight excluding hydrogens is 812 g/mol. The predicted molar refractivity (Wildman–Crippen MR) is 214 cm³/mol. The largest absolute Gasteiger partial charge is 0.394 e. The molecule has 0 radical (unpaired) electrons. The van der Waals surface area contributed by atoms with E-state index in [4.69, 9.17) is 37.9 Å². The molecule has 26 atom stereocenters. The summed E-state index contributed by atoms with van der Waals surface area (Å²) in [5.74, 6) is 2.42. The molecule has 0 amide bonds. The second-order valence-corrected chi connectivity index (χ2v) is 21.1. The van der Waals surface area contributed by atoms with Gasteiger partial charge in [-0.05, 0) is 105 Å². The van der Waals surface area contributed by atoms with Crippen molar-refractivity contribution in [2.45, 2.75) is 202 Å². The molecule has 17 heteroatoms. The van der Waals surface area contributed by atoms with Crippen molar-refractivity contribution in [2.75, 3.05) is 19.8 Å². The Morgan fingerprint density at radius 3 is 2.00 bits per heavy atom. The highest BCUT2D eigenvalue weighted by atomic mass is 16.8. The Kier molecular flexibility index (Phi) is 12.9. The van der Waals surface area contributed by atoms with E-state index in [0.717, 1.165) is 50.5 Å². The van der Waals surface area contributed by atoms with Crippen LogP contribution in [0.5, 0.6) is 0 Å². The van der Waals surface area contributed by atoms with Gasteiger partial charge in [-0.25, -0.2) is 0 Å². The zero-order valence-corrected chi connectivity index (χ0v) is 36.5. The lowest BCUT2D eigenvalue weighted by Gasteiger charge is -2.61. The predicted octanol–water partition coefficient (Wildman–Crippen LogP) is 0.214. The normalized spacial score (nSPS) is 57.8. The van der Waals surface area contributed by atoms with Crippen LogP contribution in [0, 0.1) is 46.3 Å². The van der Waals surface area contributed by atoms with E-state index in [1.807, 2.05) is 0 Å². The molecule has 354 valence electrons. The standard InChI is InChI=1S/C45H72O17/c1-19-8-13-45(55-18-19)20(2)30-27(62-45)15-26-24-7-6-22-14-23(9-11-43(22,4)25(24)10-12-44(26,30)5)57-42-39(61-40-35(52)33(50)31(48)21(3)56-40)37(54)38(29(17-47)59-42)60-41-36(53)34(51)32(49)28(16-46)58-41/h20-42,46-54H,1,6-18H2,2-5H3/t20?,21-,22?,23-,24?,25?,26?,27?,28+,29+,30?,31-,32+,33+,34-,35+,36+,37-,38+,39+,40-,41-,42+,43-,44?,45?/m0/s1. The number of rotatable bonds is 8. The van der Waals surface area contributed by atoms with Crippen molar-refractivity contribution in [3.8, 4) is 0 Å². The number of aliphatic hydroxyl groups excluding tert-OH is 9. The molecule has 0 bridgehead atoms. The van der Waals surface area contributed by atoms with Crippen molar-refractivity contribution in [3.05, 3.63) is 12.2 Å². The van der Waals surface area contributed by atoms with Crippen LogP contribution in [0.3, 0.4) is 0 Å². The summed E-state index contributed by atoms with van der Waals surface area (Å²) in [4.78, 5) is 0. The first-order chi connectivity index (χ1) is 29.4. The lowest BCUT2D eigenvalue weighted by molar-refractivity contribution is -0.390. The van der Waals surface area contributed by atoms with Gasteiger partial charge in [0.2, 0.25) is 0 Å². The van der Waals surface area contributed by atoms with Crippen LogP contribution in [0.25, 0.3) is 0 Å². The minimum Gasteiger partial charge on any atom is -0.394 e. The summed E-state index contributed by atoms with van der Waals surface area (Å²) in [6.45, 7) is 12.2. The van der Waals surface area contributed by atoms with Crippen molar-refractivity contribution < 1.29 is 83.9 Å². The first-order valence-electron chi connectivity index (χ1n) is 23.3. The van der Waals surface area contributed by atoms with E-state index in [1.165, 1.54) is 19.8 Å². The van der Waals surface area contributed by atoms with E-state index in [1.54, 1.807) is 0 Å². The Morgan fingerprint density at radius 1 is 0.645 bits per heavy atom. The summed E-state index contributed by atoms with van der Waals surface area (Å²) in [5.41, 5.74) is 1.43. The first kappa shape index (κ1) is 46.2. The summed E-state index contributed by atoms with van der Waals surface area (Å²) < 4.78 is 49.9. The fourth-order valence-electron chi connectivity index (χ4n) is 14.5. The molecule has 17 nitrogen and oxygen atoms in total. The van der Waals surface area contributed by atoms with E-state index in [2.05, 4.69) is 27.4 Å². The third-order valence-corrected chi connectivity index (χ3v) is 18.0. The summed E-state index contributed by atoms with van der Waals surface area (Å²) in [5, 5.41) is 95.8. The van der Waals surface area contributed by atoms with Gasteiger partial charge in [0.1, 0.15) is 67.1 Å². The Hall–Kier alpha value is -0.940. The van der Waals surface area contributed by atoms with Crippen LogP contribution in [-0.4, -0.2) is 176 Å². The van der Waals surface area contributed by atoms with Gasteiger partial charge in [-0.1, -0.05) is 32.9 Å². The van der Waals surface area contributed by atoms with Crippen molar-refractivity contribution in [3.63, 3.8) is 0 Å². The van der Waals surface area contributed by atoms with Gasteiger partial charge in [-0.2, -0.15) is 0 Å². The maximum absolute atomic E-state index is 12.0. The highest BCUT2D eigenvalue weighted by molar-refractivity contribution is 5.16. The molecule has 0 aromatic heterocycles. The highest BCUT2D eigenvalue weighted by Crippen LogP contribution is 2.71. The van der Waals surface area contributed by atoms with Crippen LogP contribution >= 0.6 is 0 Å². The van der Waals surface area contributed by atoms with Gasteiger partial charge >= 0.3 is 0 Å². The smallest absolute Gasteiger partial charge is 0.187 e. The van der Waals surface area contributed by atoms with E-state index < -0.39 is 111 Å². The van der Waals surface area contributed by atoms with Crippen molar-refractivity contribution in [2.24, 2.45) is 46.3 Å². The SMILES string of the molecule is C=C1CCC2(OC1)OC1CC3C4CCC5C[C@@H](O[C@@H]6O[C@H](CO)[C@@H](O[C@@H]7O[C@H](CO)[C@@H](O)[C@H](O)[C@H]7O)[C@H](O)[C@H]6O[C@@H]6O[C@@H](C)[C@H](O)[C@@H](O)[C@H]6O)CC[C@]5(C)C4CCC3(C)C1C2C. The van der Waals surface area contributed by atoms with Crippen LogP contribution in [0.1, 0.15) is 91.9 Å². The van der Waals surface area contributed by atoms with Gasteiger partial charge in [0, 0.05) is 12.3 Å². The zero-order valence-electron chi connectivity index (χ0n) is 36.5. The van der Waals surface area contributed by atoms with Gasteiger partial charge in [0.15, 0.2) is 24.7 Å². The summed E-state index contributed by atoms with van der Waals surface area (Å²) in [6, 6.07) is 0. The summed E-state index contributed by atoms with van der Waals surface area (Å²) in [6.07, 6.45) is -13.1. The molecule has 0 aromatic carbocycles. The Bertz CT molecular complexity index is 1590. The molecule has 9 rings (SSSR count). The molecule has 5 aliphatic heterocycles. The monoisotopic (exact) mass is 884 g/mol. The molecular formula is C45H72O17. The maximum Gasteiger partial charge on any atom is 0.187 e. The summed E-state index contributed by atoms with van der Waals surface area (Å²) >= 11 is 0. The molecule has 0 aromatic rings. The molecule has 4 saturated carbocycles. The molecule has 4 aliphatic carbocycles. The minimum absolute atomic E-state index is 0.0936. The van der Waals surface area contributed by atoms with Gasteiger partial charge in [0.05, 0.1) is 38.1 Å². The topological polar surface area (TPSA) is 256 Å². The van der Waals surface area contributed by atoms with E-state index in [0.29, 0.717) is 48.5 Å². The molecule has 62 heavy (non-hydrogen) atoms. The first-order valence-corrected chi connectivity index (χ1v) is 23.3. The molecule has 9 aliphatic rings. The fraction of sp³-hybridized carbons (Fsp3) is 0.956. The number of aliphatic hydroxyl groups is 9. The van der Waals surface area contributed by atoms with Gasteiger partial charge in [-0.3, -0.25) is 0 Å². The Labute approximate surface area is 363 Å². The second-order valence-electron chi connectivity index (χ2n) is 21.1. The highest BCUT2D eigenvalue weighted by Gasteiger charge is 2.69.